The van der Waals surface area contributed by atoms with E-state index in [1.54, 1.807) is 24.3 Å². The van der Waals surface area contributed by atoms with Crippen LogP contribution < -0.4 is 5.32 Å². The molecule has 0 aromatic heterocycles. The molecule has 1 heterocycles. The Balaban J connectivity index is 1.78. The third-order valence-electron chi connectivity index (χ3n) is 4.97. The SMILES string of the molecule is CC1CCCCC12NC(=O)N(CC(=O)c1ccc(Cl)cc1)C2=O. The zero-order valence-electron chi connectivity index (χ0n) is 13.0. The molecule has 0 radical (unpaired) electrons. The fourth-order valence-electron chi connectivity index (χ4n) is 3.51. The number of amides is 3. The van der Waals surface area contributed by atoms with E-state index in [4.69, 9.17) is 11.6 Å². The first kappa shape index (κ1) is 16.0. The molecule has 1 saturated carbocycles. The fraction of sp³-hybridized carbons (Fsp3) is 0.471. The van der Waals surface area contributed by atoms with E-state index in [9.17, 15) is 14.4 Å². The monoisotopic (exact) mass is 334 g/mol. The standard InChI is InChI=1S/C17H19ClN2O3/c1-11-4-2-3-9-17(11)15(22)20(16(23)19-17)10-14(21)12-5-7-13(18)8-6-12/h5-8,11H,2-4,9-10H2,1H3,(H,19,23). The maximum atomic E-state index is 12.8. The van der Waals surface area contributed by atoms with Crippen LogP contribution in [-0.4, -0.2) is 34.7 Å². The molecular weight excluding hydrogens is 316 g/mol. The molecule has 5 nitrogen and oxygen atoms in total. The lowest BCUT2D eigenvalue weighted by Crippen LogP contribution is -2.54. The molecule has 23 heavy (non-hydrogen) atoms. The number of ketones is 1. The van der Waals surface area contributed by atoms with Gasteiger partial charge in [-0.3, -0.25) is 14.5 Å². The first-order valence-electron chi connectivity index (χ1n) is 7.87. The zero-order chi connectivity index (χ0) is 16.6. The second-order valence-electron chi connectivity index (χ2n) is 6.37. The van der Waals surface area contributed by atoms with E-state index in [2.05, 4.69) is 5.32 Å². The molecule has 122 valence electrons. The van der Waals surface area contributed by atoms with Gasteiger partial charge in [0, 0.05) is 10.6 Å². The summed E-state index contributed by atoms with van der Waals surface area (Å²) in [7, 11) is 0. The van der Waals surface area contributed by atoms with Crippen LogP contribution in [0.15, 0.2) is 24.3 Å². The average Bonchev–Trinajstić information content (AvgIpc) is 2.76. The Morgan fingerprint density at radius 1 is 1.30 bits per heavy atom. The van der Waals surface area contributed by atoms with E-state index in [-0.39, 0.29) is 24.2 Å². The van der Waals surface area contributed by atoms with Gasteiger partial charge in [0.2, 0.25) is 0 Å². The van der Waals surface area contributed by atoms with Crippen LogP contribution in [0.5, 0.6) is 0 Å². The molecule has 1 aromatic carbocycles. The van der Waals surface area contributed by atoms with Gasteiger partial charge in [0.15, 0.2) is 5.78 Å². The molecule has 1 N–H and O–H groups in total. The van der Waals surface area contributed by atoms with Crippen LogP contribution in [0.1, 0.15) is 43.0 Å². The lowest BCUT2D eigenvalue weighted by atomic mass is 9.73. The van der Waals surface area contributed by atoms with Crippen molar-refractivity contribution in [1.29, 1.82) is 0 Å². The van der Waals surface area contributed by atoms with E-state index >= 15 is 0 Å². The molecule has 6 heteroatoms. The lowest BCUT2D eigenvalue weighted by molar-refractivity contribution is -0.133. The highest BCUT2D eigenvalue weighted by Crippen LogP contribution is 2.38. The number of carbonyl (C=O) groups is 3. The fourth-order valence-corrected chi connectivity index (χ4v) is 3.64. The summed E-state index contributed by atoms with van der Waals surface area (Å²) in [6.45, 7) is 1.75. The van der Waals surface area contributed by atoms with Crippen LogP contribution in [-0.2, 0) is 4.79 Å². The van der Waals surface area contributed by atoms with Crippen LogP contribution in [0.2, 0.25) is 5.02 Å². The van der Waals surface area contributed by atoms with Gasteiger partial charge < -0.3 is 5.32 Å². The Morgan fingerprint density at radius 3 is 2.65 bits per heavy atom. The quantitative estimate of drug-likeness (QED) is 0.682. The molecule has 2 unspecified atom stereocenters. The minimum absolute atomic E-state index is 0.0864. The van der Waals surface area contributed by atoms with Crippen molar-refractivity contribution in [3.63, 3.8) is 0 Å². The Labute approximate surface area is 140 Å². The number of benzene rings is 1. The summed E-state index contributed by atoms with van der Waals surface area (Å²) in [5.74, 6) is -0.453. The van der Waals surface area contributed by atoms with Crippen molar-refractivity contribution < 1.29 is 14.4 Å². The predicted molar refractivity (Wildman–Crippen MR) is 86.4 cm³/mol. The maximum absolute atomic E-state index is 12.8. The molecule has 3 amide bonds. The summed E-state index contributed by atoms with van der Waals surface area (Å²) >= 11 is 5.81. The van der Waals surface area contributed by atoms with Crippen LogP contribution in [0.25, 0.3) is 0 Å². The third-order valence-corrected chi connectivity index (χ3v) is 5.22. The van der Waals surface area contributed by atoms with Gasteiger partial charge in [0.25, 0.3) is 5.91 Å². The molecule has 1 spiro atoms. The first-order chi connectivity index (χ1) is 10.9. The number of halogens is 1. The van der Waals surface area contributed by atoms with Gasteiger partial charge in [-0.1, -0.05) is 31.4 Å². The Hall–Kier alpha value is -1.88. The van der Waals surface area contributed by atoms with Crippen molar-refractivity contribution in [2.45, 2.75) is 38.1 Å². The summed E-state index contributed by atoms with van der Waals surface area (Å²) in [5.41, 5.74) is -0.386. The minimum atomic E-state index is -0.824. The minimum Gasteiger partial charge on any atom is -0.323 e. The summed E-state index contributed by atoms with van der Waals surface area (Å²) in [6.07, 6.45) is 3.53. The largest absolute Gasteiger partial charge is 0.325 e. The highest BCUT2D eigenvalue weighted by atomic mass is 35.5. The summed E-state index contributed by atoms with van der Waals surface area (Å²) in [4.78, 5) is 38.4. The number of rotatable bonds is 3. The average molecular weight is 335 g/mol. The highest BCUT2D eigenvalue weighted by Gasteiger charge is 2.55. The number of nitrogens with one attached hydrogen (secondary N) is 1. The Kier molecular flexibility index (Phi) is 4.15. The predicted octanol–water partition coefficient (Wildman–Crippen LogP) is 3.02. The van der Waals surface area contributed by atoms with Crippen molar-refractivity contribution in [3.8, 4) is 0 Å². The van der Waals surface area contributed by atoms with Gasteiger partial charge in [-0.25, -0.2) is 4.79 Å². The van der Waals surface area contributed by atoms with E-state index < -0.39 is 11.6 Å². The van der Waals surface area contributed by atoms with Gasteiger partial charge in [0.05, 0.1) is 6.54 Å². The van der Waals surface area contributed by atoms with Crippen molar-refractivity contribution in [2.24, 2.45) is 5.92 Å². The molecule has 1 aromatic rings. The highest BCUT2D eigenvalue weighted by molar-refractivity contribution is 6.30. The topological polar surface area (TPSA) is 66.5 Å². The molecule has 3 rings (SSSR count). The summed E-state index contributed by atoms with van der Waals surface area (Å²) in [6, 6.07) is 5.96. The molecule has 1 aliphatic heterocycles. The van der Waals surface area contributed by atoms with Crippen molar-refractivity contribution in [2.75, 3.05) is 6.54 Å². The van der Waals surface area contributed by atoms with Crippen molar-refractivity contribution in [1.82, 2.24) is 10.2 Å². The van der Waals surface area contributed by atoms with E-state index in [0.717, 1.165) is 24.2 Å². The summed E-state index contributed by atoms with van der Waals surface area (Å²) in [5, 5.41) is 3.38. The molecule has 2 aliphatic rings. The number of Topliss-reactive ketones (excluding diaryl/α,β-unsaturated/α-hetero) is 1. The smallest absolute Gasteiger partial charge is 0.323 e. The lowest BCUT2D eigenvalue weighted by Gasteiger charge is -2.36. The van der Waals surface area contributed by atoms with Gasteiger partial charge in [-0.15, -0.1) is 0 Å². The zero-order valence-corrected chi connectivity index (χ0v) is 13.7. The number of hydrogen-bond donors (Lipinski definition) is 1. The number of carbonyl (C=O) groups excluding carboxylic acids is 3. The van der Waals surface area contributed by atoms with Crippen LogP contribution in [0.3, 0.4) is 0 Å². The Bertz CT molecular complexity index is 658. The molecule has 1 aliphatic carbocycles. The van der Waals surface area contributed by atoms with Crippen LogP contribution in [0.4, 0.5) is 4.79 Å². The molecule has 0 bridgehead atoms. The van der Waals surface area contributed by atoms with E-state index in [1.165, 1.54) is 0 Å². The second-order valence-corrected chi connectivity index (χ2v) is 6.81. The summed E-state index contributed by atoms with van der Waals surface area (Å²) < 4.78 is 0. The first-order valence-corrected chi connectivity index (χ1v) is 8.25. The van der Waals surface area contributed by atoms with Gasteiger partial charge in [0.1, 0.15) is 5.54 Å². The Morgan fingerprint density at radius 2 is 2.00 bits per heavy atom. The van der Waals surface area contributed by atoms with Crippen molar-refractivity contribution >= 4 is 29.3 Å². The van der Waals surface area contributed by atoms with Crippen LogP contribution in [0, 0.1) is 5.92 Å². The van der Waals surface area contributed by atoms with Crippen LogP contribution >= 0.6 is 11.6 Å². The number of imide groups is 1. The normalized spacial score (nSPS) is 27.4. The van der Waals surface area contributed by atoms with Gasteiger partial charge >= 0.3 is 6.03 Å². The molecular formula is C17H19ClN2O3. The number of hydrogen-bond acceptors (Lipinski definition) is 3. The van der Waals surface area contributed by atoms with Gasteiger partial charge in [-0.2, -0.15) is 0 Å². The molecule has 1 saturated heterocycles. The maximum Gasteiger partial charge on any atom is 0.325 e. The number of urea groups is 1. The van der Waals surface area contributed by atoms with E-state index in [0.29, 0.717) is 17.0 Å². The molecule has 2 fully saturated rings. The third kappa shape index (κ3) is 2.74. The number of nitrogens with zero attached hydrogens (tertiary/aromatic N) is 1. The van der Waals surface area contributed by atoms with Gasteiger partial charge in [-0.05, 0) is 43.0 Å². The molecule has 2 atom stereocenters. The van der Waals surface area contributed by atoms with E-state index in [1.807, 2.05) is 6.92 Å². The second kappa shape index (κ2) is 5.96. The van der Waals surface area contributed by atoms with Crippen molar-refractivity contribution in [3.05, 3.63) is 34.9 Å².